The van der Waals surface area contributed by atoms with Crippen LogP contribution in [0.3, 0.4) is 0 Å². The molecule has 0 fully saturated rings. The lowest BCUT2D eigenvalue weighted by Crippen LogP contribution is -2.34. The number of nitriles is 1. The van der Waals surface area contributed by atoms with Crippen LogP contribution >= 0.6 is 0 Å². The van der Waals surface area contributed by atoms with E-state index in [0.29, 0.717) is 17.1 Å². The van der Waals surface area contributed by atoms with Gasteiger partial charge in [-0.3, -0.25) is 0 Å². The number of anilines is 4. The zero-order valence-electron chi connectivity index (χ0n) is 30.5. The number of para-hydroxylation sites is 2. The fourth-order valence-corrected chi connectivity index (χ4v) is 8.39. The van der Waals surface area contributed by atoms with E-state index in [0.717, 1.165) is 75.7 Å². The monoisotopic (exact) mass is 710 g/mol. The predicted octanol–water partition coefficient (Wildman–Crippen LogP) is 12.4. The molecule has 0 saturated carbocycles. The van der Waals surface area contributed by atoms with E-state index in [4.69, 9.17) is 11.3 Å². The summed E-state index contributed by atoms with van der Waals surface area (Å²) in [5.74, 6) is 1.13. The third-order valence-electron chi connectivity index (χ3n) is 10.7. The van der Waals surface area contributed by atoms with Gasteiger partial charge in [0.05, 0.1) is 18.3 Å². The van der Waals surface area contributed by atoms with E-state index in [-0.39, 0.29) is 5.70 Å². The summed E-state index contributed by atoms with van der Waals surface area (Å²) in [6, 6.07) is 44.8. The molecule has 264 valence electrons. The molecule has 0 atom stereocenters. The smallest absolute Gasteiger partial charge is 0.269 e. The fourth-order valence-electron chi connectivity index (χ4n) is 8.39. The van der Waals surface area contributed by atoms with Crippen molar-refractivity contribution in [3.63, 3.8) is 0 Å². The third kappa shape index (κ3) is 6.48. The number of allylic oxidation sites excluding steroid dienone is 6. The van der Waals surface area contributed by atoms with E-state index in [2.05, 4.69) is 142 Å². The molecule has 5 heteroatoms. The van der Waals surface area contributed by atoms with Crippen LogP contribution in [0.2, 0.25) is 0 Å². The summed E-state index contributed by atoms with van der Waals surface area (Å²) in [4.78, 5) is 8.43. The zero-order valence-corrected chi connectivity index (χ0v) is 30.5. The molecule has 0 bridgehead atoms. The number of rotatable bonds is 7. The van der Waals surface area contributed by atoms with Gasteiger partial charge in [0.25, 0.3) is 5.70 Å². The minimum atomic E-state index is 0.0283. The van der Waals surface area contributed by atoms with Crippen LogP contribution in [-0.2, 0) is 17.6 Å². The van der Waals surface area contributed by atoms with Crippen molar-refractivity contribution < 1.29 is 4.74 Å². The molecule has 0 N–H and O–H groups in total. The van der Waals surface area contributed by atoms with Gasteiger partial charge >= 0.3 is 0 Å². The van der Waals surface area contributed by atoms with Crippen LogP contribution in [0, 0.1) is 17.9 Å². The second-order valence-electron chi connectivity index (χ2n) is 14.1. The Morgan fingerprint density at radius 1 is 0.673 bits per heavy atom. The quantitative estimate of drug-likeness (QED) is 0.0940. The minimum absolute atomic E-state index is 0.0283. The molecule has 0 unspecified atom stereocenters. The van der Waals surface area contributed by atoms with Crippen molar-refractivity contribution in [1.29, 1.82) is 5.26 Å². The van der Waals surface area contributed by atoms with Gasteiger partial charge in [0.2, 0.25) is 0 Å². The van der Waals surface area contributed by atoms with E-state index in [1.165, 1.54) is 29.7 Å². The van der Waals surface area contributed by atoms with Crippen LogP contribution in [0.1, 0.15) is 35.1 Å². The largest absolute Gasteiger partial charge is 0.457 e. The van der Waals surface area contributed by atoms with Gasteiger partial charge in [0.15, 0.2) is 0 Å². The summed E-state index contributed by atoms with van der Waals surface area (Å²) >= 11 is 0. The molecule has 6 aromatic carbocycles. The molecule has 0 spiro atoms. The van der Waals surface area contributed by atoms with E-state index in [1.54, 1.807) is 12.2 Å². The molecule has 0 aromatic heterocycles. The van der Waals surface area contributed by atoms with Crippen molar-refractivity contribution in [2.24, 2.45) is 0 Å². The molecule has 3 aliphatic rings. The average Bonchev–Trinajstić information content (AvgIpc) is 3.24. The number of nitrogens with zero attached hydrogens (tertiary/aromatic N) is 4. The molecule has 0 saturated heterocycles. The Bertz CT molecular complexity index is 2560. The summed E-state index contributed by atoms with van der Waals surface area (Å²) in [6.45, 7) is 10.0. The Hall–Kier alpha value is -7.08. The molecular formula is C50H38N4O. The molecule has 9 rings (SSSR count). The van der Waals surface area contributed by atoms with E-state index < -0.39 is 0 Å². The number of hydrogen-bond donors (Lipinski definition) is 0. The van der Waals surface area contributed by atoms with E-state index in [1.807, 2.05) is 24.3 Å². The van der Waals surface area contributed by atoms with Crippen molar-refractivity contribution in [2.75, 3.05) is 22.9 Å². The summed E-state index contributed by atoms with van der Waals surface area (Å²) in [5, 5.41) is 14.3. The van der Waals surface area contributed by atoms with E-state index >= 15 is 0 Å². The van der Waals surface area contributed by atoms with Crippen LogP contribution in [0.4, 0.5) is 22.7 Å². The summed E-state index contributed by atoms with van der Waals surface area (Å²) in [7, 11) is 0. The Labute approximate surface area is 322 Å². The van der Waals surface area contributed by atoms with Crippen molar-refractivity contribution in [3.05, 3.63) is 202 Å². The molecule has 6 aromatic rings. The first kappa shape index (κ1) is 33.7. The van der Waals surface area contributed by atoms with Crippen molar-refractivity contribution in [3.8, 4) is 6.07 Å². The normalized spacial score (nSPS) is 15.9. The van der Waals surface area contributed by atoms with Gasteiger partial charge in [0, 0.05) is 40.9 Å². The number of benzene rings is 6. The summed E-state index contributed by atoms with van der Waals surface area (Å²) in [5.41, 5.74) is 10.3. The molecule has 0 radical (unpaired) electrons. The van der Waals surface area contributed by atoms with Gasteiger partial charge in [-0.2, -0.15) is 0 Å². The van der Waals surface area contributed by atoms with Crippen LogP contribution in [0.5, 0.6) is 0 Å². The van der Waals surface area contributed by atoms with Gasteiger partial charge in [0.1, 0.15) is 11.5 Å². The SMILES string of the molecule is [C-]#[N+]/C(C#N)=C1C=C(/C=C/c2cc3c4c(c2)CCCN4CCC3)OC(/C=C/c2c3ccccc3c(N(c3ccccc3)c3ccccc3)c3ccccc23)=C\1. The van der Waals surface area contributed by atoms with Gasteiger partial charge in [-0.25, -0.2) is 10.1 Å². The highest BCUT2D eigenvalue weighted by Crippen LogP contribution is 2.46. The van der Waals surface area contributed by atoms with E-state index in [9.17, 15) is 5.26 Å². The Kier molecular flexibility index (Phi) is 9.04. The molecule has 0 amide bonds. The minimum Gasteiger partial charge on any atom is -0.457 e. The molecule has 3 heterocycles. The Morgan fingerprint density at radius 3 is 1.71 bits per heavy atom. The topological polar surface area (TPSA) is 43.9 Å². The maximum atomic E-state index is 9.87. The molecule has 0 aliphatic carbocycles. The van der Waals surface area contributed by atoms with Crippen molar-refractivity contribution >= 4 is 56.4 Å². The fraction of sp³-hybridized carbons (Fsp3) is 0.120. The number of hydrogen-bond acceptors (Lipinski definition) is 4. The standard InChI is InChI=1S/C50H38N4O/c1-52-48(34-51)38-32-41(25-24-35-30-36-14-12-28-53-29-13-15-37(31-35)49(36)53)55-42(33-38)26-27-45-43-20-8-10-22-46(43)50(47-23-11-9-21-44(45)47)54(39-16-4-2-5-17-39)40-18-6-3-7-19-40/h2-11,16-27,30-33H,12-15,28-29H2/b25-24+,27-26+,48-38+. The predicted molar refractivity (Wildman–Crippen MR) is 226 cm³/mol. The van der Waals surface area contributed by atoms with Gasteiger partial charge < -0.3 is 14.5 Å². The van der Waals surface area contributed by atoms with Gasteiger partial charge in [-0.15, -0.1) is 0 Å². The van der Waals surface area contributed by atoms with Crippen molar-refractivity contribution in [2.45, 2.75) is 25.7 Å². The third-order valence-corrected chi connectivity index (χ3v) is 10.7. The number of fused-ring (bicyclic) bond motifs is 2. The molecular weight excluding hydrogens is 673 g/mol. The van der Waals surface area contributed by atoms with Crippen LogP contribution < -0.4 is 9.80 Å². The lowest BCUT2D eigenvalue weighted by molar-refractivity contribution is 0.332. The Morgan fingerprint density at radius 2 is 1.18 bits per heavy atom. The van der Waals surface area contributed by atoms with Crippen molar-refractivity contribution in [1.82, 2.24) is 0 Å². The lowest BCUT2D eigenvalue weighted by Gasteiger charge is -2.37. The van der Waals surface area contributed by atoms with Crippen LogP contribution in [-0.4, -0.2) is 13.1 Å². The number of ether oxygens (including phenoxy) is 1. The Balaban J connectivity index is 1.13. The highest BCUT2D eigenvalue weighted by atomic mass is 16.5. The van der Waals surface area contributed by atoms with Gasteiger partial charge in [-0.05, 0) is 125 Å². The van der Waals surface area contributed by atoms with Crippen LogP contribution in [0.15, 0.2) is 168 Å². The molecule has 55 heavy (non-hydrogen) atoms. The highest BCUT2D eigenvalue weighted by molar-refractivity contribution is 6.18. The van der Waals surface area contributed by atoms with Gasteiger partial charge in [-0.1, -0.05) is 97.1 Å². The first-order valence-corrected chi connectivity index (χ1v) is 18.9. The average molecular weight is 711 g/mol. The maximum Gasteiger partial charge on any atom is 0.269 e. The zero-order chi connectivity index (χ0) is 37.1. The number of aryl methyl sites for hydroxylation is 2. The lowest BCUT2D eigenvalue weighted by atomic mass is 9.90. The second kappa shape index (κ2) is 14.7. The summed E-state index contributed by atoms with van der Waals surface area (Å²) in [6.07, 6.45) is 16.2. The summed E-state index contributed by atoms with van der Waals surface area (Å²) < 4.78 is 6.48. The maximum absolute atomic E-state index is 9.87. The highest BCUT2D eigenvalue weighted by Gasteiger charge is 2.24. The first-order chi connectivity index (χ1) is 27.2. The first-order valence-electron chi connectivity index (χ1n) is 18.9. The van der Waals surface area contributed by atoms with Crippen LogP contribution in [0.25, 0.3) is 38.5 Å². The molecule has 3 aliphatic heterocycles. The molecule has 5 nitrogen and oxygen atoms in total. The second-order valence-corrected chi connectivity index (χ2v) is 14.1.